The zero-order valence-electron chi connectivity index (χ0n) is 10.1. The van der Waals surface area contributed by atoms with Crippen LogP contribution in [0.4, 0.5) is 29.1 Å². The van der Waals surface area contributed by atoms with Crippen molar-refractivity contribution in [2.45, 2.75) is 4.90 Å². The lowest BCUT2D eigenvalue weighted by molar-refractivity contribution is 0.459. The Bertz CT molecular complexity index is 785. The Kier molecular flexibility index (Phi) is 3.73. The van der Waals surface area contributed by atoms with E-state index in [-0.39, 0.29) is 6.07 Å². The molecule has 0 bridgehead atoms. The van der Waals surface area contributed by atoms with Crippen molar-refractivity contribution in [3.8, 4) is 0 Å². The maximum atomic E-state index is 13.4. The summed E-state index contributed by atoms with van der Waals surface area (Å²) in [6.07, 6.45) is 1.19. The summed E-state index contributed by atoms with van der Waals surface area (Å²) in [6, 6.07) is 2.18. The number of nitrogen functional groups attached to an aromatic ring is 1. The highest BCUT2D eigenvalue weighted by Crippen LogP contribution is 2.27. The Morgan fingerprint density at radius 2 is 1.67 bits per heavy atom. The summed E-state index contributed by atoms with van der Waals surface area (Å²) < 4.78 is 78.2. The number of anilines is 2. The van der Waals surface area contributed by atoms with E-state index in [9.17, 15) is 26.0 Å². The lowest BCUT2D eigenvalue weighted by Gasteiger charge is -2.11. The smallest absolute Gasteiger partial charge is 0.265 e. The summed E-state index contributed by atoms with van der Waals surface area (Å²) in [6.45, 7) is 0. The number of nitrogens with zero attached hydrogens (tertiary/aromatic N) is 1. The van der Waals surface area contributed by atoms with Crippen LogP contribution in [0.2, 0.25) is 0 Å². The molecule has 3 N–H and O–H groups in total. The first-order valence-electron chi connectivity index (χ1n) is 5.30. The summed E-state index contributed by atoms with van der Waals surface area (Å²) in [5.41, 5.74) is 3.85. The van der Waals surface area contributed by atoms with Crippen molar-refractivity contribution in [3.05, 3.63) is 47.7 Å². The van der Waals surface area contributed by atoms with Crippen molar-refractivity contribution < 1.29 is 26.0 Å². The highest BCUT2D eigenvalue weighted by molar-refractivity contribution is 7.92. The van der Waals surface area contributed by atoms with Gasteiger partial charge in [-0.2, -0.15) is 0 Å². The van der Waals surface area contributed by atoms with Gasteiger partial charge in [0.25, 0.3) is 10.0 Å². The molecule has 0 radical (unpaired) electrons. The summed E-state index contributed by atoms with van der Waals surface area (Å²) in [7, 11) is -4.57. The molecule has 2 rings (SSSR count). The Balaban J connectivity index is 2.55. The molecule has 21 heavy (non-hydrogen) atoms. The van der Waals surface area contributed by atoms with Crippen LogP contribution in [0.15, 0.2) is 29.3 Å². The molecule has 0 saturated heterocycles. The van der Waals surface area contributed by atoms with E-state index in [0.717, 1.165) is 6.07 Å². The van der Waals surface area contributed by atoms with E-state index in [0.29, 0.717) is 0 Å². The summed E-state index contributed by atoms with van der Waals surface area (Å²) in [5.74, 6) is -7.68. The van der Waals surface area contributed by atoms with Crippen LogP contribution in [0.3, 0.4) is 0 Å². The Hall–Kier alpha value is -2.36. The third-order valence-electron chi connectivity index (χ3n) is 2.44. The second-order valence-electron chi connectivity index (χ2n) is 3.84. The molecule has 1 aromatic heterocycles. The van der Waals surface area contributed by atoms with E-state index in [1.807, 2.05) is 0 Å². The minimum absolute atomic E-state index is 0.0408. The largest absolute Gasteiger partial charge is 0.383 e. The van der Waals surface area contributed by atoms with Gasteiger partial charge in [-0.15, -0.1) is 0 Å². The number of aromatic nitrogens is 1. The highest BCUT2D eigenvalue weighted by atomic mass is 32.2. The number of hydrogen-bond acceptors (Lipinski definition) is 4. The van der Waals surface area contributed by atoms with Crippen LogP contribution in [0, 0.1) is 23.3 Å². The molecule has 1 aromatic carbocycles. The minimum Gasteiger partial charge on any atom is -0.383 e. The fourth-order valence-electron chi connectivity index (χ4n) is 1.48. The zero-order valence-corrected chi connectivity index (χ0v) is 10.9. The molecule has 0 saturated carbocycles. The van der Waals surface area contributed by atoms with Gasteiger partial charge in [-0.05, 0) is 12.1 Å². The van der Waals surface area contributed by atoms with Crippen molar-refractivity contribution in [1.29, 1.82) is 0 Å². The molecular formula is C11H7F4N3O2S. The third kappa shape index (κ3) is 2.75. The SMILES string of the molecule is Nc1ncccc1S(=O)(=O)Nc1c(F)c(F)cc(F)c1F. The number of benzene rings is 1. The molecule has 0 amide bonds. The van der Waals surface area contributed by atoms with Gasteiger partial charge in [0.1, 0.15) is 16.4 Å². The van der Waals surface area contributed by atoms with E-state index in [4.69, 9.17) is 5.73 Å². The standard InChI is InChI=1S/C11H7F4N3O2S/c12-5-4-6(13)9(15)10(8(5)14)18-21(19,20)7-2-1-3-17-11(7)16/h1-4,18H,(H2,16,17). The van der Waals surface area contributed by atoms with Crippen LogP contribution in [-0.2, 0) is 10.0 Å². The first kappa shape index (κ1) is 15.0. The van der Waals surface area contributed by atoms with E-state index in [1.165, 1.54) is 17.0 Å². The maximum absolute atomic E-state index is 13.4. The van der Waals surface area contributed by atoms with E-state index in [1.54, 1.807) is 0 Å². The van der Waals surface area contributed by atoms with Gasteiger partial charge in [-0.25, -0.2) is 31.0 Å². The number of halogens is 4. The third-order valence-corrected chi connectivity index (χ3v) is 3.83. The number of nitrogens with two attached hydrogens (primary N) is 1. The Morgan fingerprint density at radius 1 is 1.10 bits per heavy atom. The lowest BCUT2D eigenvalue weighted by Crippen LogP contribution is -2.18. The highest BCUT2D eigenvalue weighted by Gasteiger charge is 2.25. The number of pyridine rings is 1. The van der Waals surface area contributed by atoms with Gasteiger partial charge in [0.05, 0.1) is 0 Å². The number of sulfonamides is 1. The van der Waals surface area contributed by atoms with E-state index < -0.39 is 49.7 Å². The number of rotatable bonds is 3. The van der Waals surface area contributed by atoms with E-state index >= 15 is 0 Å². The quantitative estimate of drug-likeness (QED) is 0.669. The summed E-state index contributed by atoms with van der Waals surface area (Å²) in [4.78, 5) is 2.90. The summed E-state index contributed by atoms with van der Waals surface area (Å²) in [5, 5.41) is 0. The Labute approximate surface area is 116 Å². The molecule has 10 heteroatoms. The monoisotopic (exact) mass is 321 g/mol. The zero-order chi connectivity index (χ0) is 15.8. The average molecular weight is 321 g/mol. The first-order valence-corrected chi connectivity index (χ1v) is 6.78. The molecule has 0 aliphatic heterocycles. The fraction of sp³-hybridized carbons (Fsp3) is 0. The van der Waals surface area contributed by atoms with Crippen LogP contribution in [0.5, 0.6) is 0 Å². The van der Waals surface area contributed by atoms with Gasteiger partial charge in [0.15, 0.2) is 23.3 Å². The molecule has 0 fully saturated rings. The van der Waals surface area contributed by atoms with Crippen LogP contribution < -0.4 is 10.5 Å². The van der Waals surface area contributed by atoms with Crippen LogP contribution in [-0.4, -0.2) is 13.4 Å². The second-order valence-corrected chi connectivity index (χ2v) is 5.49. The predicted molar refractivity (Wildman–Crippen MR) is 65.7 cm³/mol. The normalized spacial score (nSPS) is 11.4. The van der Waals surface area contributed by atoms with Crippen molar-refractivity contribution in [3.63, 3.8) is 0 Å². The van der Waals surface area contributed by atoms with Crippen LogP contribution in [0.1, 0.15) is 0 Å². The van der Waals surface area contributed by atoms with E-state index in [2.05, 4.69) is 4.98 Å². The molecule has 1 heterocycles. The fourth-order valence-corrected chi connectivity index (χ4v) is 2.63. The van der Waals surface area contributed by atoms with Crippen molar-refractivity contribution >= 4 is 21.5 Å². The van der Waals surface area contributed by atoms with Gasteiger partial charge in [-0.1, -0.05) is 0 Å². The first-order chi connectivity index (χ1) is 9.74. The number of nitrogens with one attached hydrogen (secondary N) is 1. The van der Waals surface area contributed by atoms with Gasteiger partial charge in [0, 0.05) is 12.3 Å². The lowest BCUT2D eigenvalue weighted by atomic mass is 10.3. The molecule has 2 aromatic rings. The molecule has 5 nitrogen and oxygen atoms in total. The van der Waals surface area contributed by atoms with Crippen LogP contribution >= 0.6 is 0 Å². The molecule has 0 aliphatic rings. The van der Waals surface area contributed by atoms with Gasteiger partial charge < -0.3 is 5.73 Å². The average Bonchev–Trinajstić information content (AvgIpc) is 2.42. The minimum atomic E-state index is -4.57. The van der Waals surface area contributed by atoms with Gasteiger partial charge >= 0.3 is 0 Å². The predicted octanol–water partition coefficient (Wildman–Crippen LogP) is 2.02. The molecular weight excluding hydrogens is 314 g/mol. The molecule has 0 atom stereocenters. The van der Waals surface area contributed by atoms with Crippen molar-refractivity contribution in [1.82, 2.24) is 4.98 Å². The Morgan fingerprint density at radius 3 is 2.19 bits per heavy atom. The number of hydrogen-bond donors (Lipinski definition) is 2. The summed E-state index contributed by atoms with van der Waals surface area (Å²) >= 11 is 0. The van der Waals surface area contributed by atoms with Crippen molar-refractivity contribution in [2.24, 2.45) is 0 Å². The molecule has 0 spiro atoms. The van der Waals surface area contributed by atoms with Crippen LogP contribution in [0.25, 0.3) is 0 Å². The van der Waals surface area contributed by atoms with Crippen molar-refractivity contribution in [2.75, 3.05) is 10.5 Å². The van der Waals surface area contributed by atoms with Gasteiger partial charge in [-0.3, -0.25) is 4.72 Å². The second kappa shape index (κ2) is 5.20. The topological polar surface area (TPSA) is 85.1 Å². The molecule has 0 aliphatic carbocycles. The van der Waals surface area contributed by atoms with Gasteiger partial charge in [0.2, 0.25) is 0 Å². The molecule has 112 valence electrons. The molecule has 0 unspecified atom stereocenters. The maximum Gasteiger partial charge on any atom is 0.265 e.